The normalized spacial score (nSPS) is 22.0. The molecule has 0 radical (unpaired) electrons. The van der Waals surface area contributed by atoms with Gasteiger partial charge in [-0.15, -0.1) is 0 Å². The Morgan fingerprint density at radius 1 is 1.18 bits per heavy atom. The average molecular weight is 386 g/mol. The van der Waals surface area contributed by atoms with Crippen LogP contribution < -0.4 is 0 Å². The lowest BCUT2D eigenvalue weighted by molar-refractivity contribution is 0.0631. The number of likely N-dealkylation sites (tertiary alicyclic amines) is 1. The number of nitrogens with zero attached hydrogens (tertiary/aromatic N) is 5. The van der Waals surface area contributed by atoms with E-state index in [0.29, 0.717) is 31.0 Å². The van der Waals surface area contributed by atoms with Gasteiger partial charge in [-0.3, -0.25) is 10.00 Å². The van der Waals surface area contributed by atoms with Gasteiger partial charge in [-0.05, 0) is 17.7 Å². The number of aromatic amines is 1. The summed E-state index contributed by atoms with van der Waals surface area (Å²) in [5.74, 6) is -0.884. The number of hydrogen-bond donors (Lipinski definition) is 1. The van der Waals surface area contributed by atoms with Crippen molar-refractivity contribution in [1.82, 2.24) is 25.0 Å². The van der Waals surface area contributed by atoms with Crippen molar-refractivity contribution in [3.8, 4) is 0 Å². The van der Waals surface area contributed by atoms with Crippen LogP contribution in [0.25, 0.3) is 0 Å². The molecule has 3 aliphatic heterocycles. The quantitative estimate of drug-likeness (QED) is 0.881. The van der Waals surface area contributed by atoms with E-state index in [-0.39, 0.29) is 6.03 Å². The number of urea groups is 1. The highest BCUT2D eigenvalue weighted by atomic mass is 19.1. The lowest BCUT2D eigenvalue weighted by Gasteiger charge is -2.42. The first-order valence-electron chi connectivity index (χ1n) is 9.37. The predicted molar refractivity (Wildman–Crippen MR) is 97.2 cm³/mol. The number of benzene rings is 1. The number of aromatic nitrogens is 2. The third kappa shape index (κ3) is 3.05. The summed E-state index contributed by atoms with van der Waals surface area (Å²) < 4.78 is 27.1. The van der Waals surface area contributed by atoms with Gasteiger partial charge in [0.05, 0.1) is 17.9 Å². The third-order valence-corrected chi connectivity index (χ3v) is 5.62. The zero-order chi connectivity index (χ0) is 19.3. The Labute approximate surface area is 160 Å². The van der Waals surface area contributed by atoms with Crippen LogP contribution in [0.4, 0.5) is 13.6 Å². The van der Waals surface area contributed by atoms with Gasteiger partial charge < -0.3 is 4.90 Å². The summed E-state index contributed by atoms with van der Waals surface area (Å²) in [6.07, 6.45) is 3.94. The standard InChI is InChI=1S/C19H20F2N6O/c20-15-3-13(4-16(21)5-15)18-1-2-23-27(18)19(28)26-8-12(9-26)7-25-10-14-6-22-24-17(14)11-25/h2-6,12,18H,1,7-11H2,(H,22,24). The van der Waals surface area contributed by atoms with Gasteiger partial charge in [-0.2, -0.15) is 10.2 Å². The van der Waals surface area contributed by atoms with Crippen LogP contribution in [0, 0.1) is 17.6 Å². The van der Waals surface area contributed by atoms with Crippen molar-refractivity contribution in [2.45, 2.75) is 25.6 Å². The minimum absolute atomic E-state index is 0.212. The molecule has 1 fully saturated rings. The number of H-pyrrole nitrogens is 1. The minimum atomic E-state index is -0.649. The molecule has 7 nitrogen and oxygen atoms in total. The summed E-state index contributed by atoms with van der Waals surface area (Å²) in [5.41, 5.74) is 2.83. The summed E-state index contributed by atoms with van der Waals surface area (Å²) in [5, 5.41) is 12.6. The lowest BCUT2D eigenvalue weighted by Crippen LogP contribution is -2.56. The monoisotopic (exact) mass is 386 g/mol. The molecule has 0 bridgehead atoms. The Morgan fingerprint density at radius 2 is 1.96 bits per heavy atom. The molecule has 4 heterocycles. The summed E-state index contributed by atoms with van der Waals surface area (Å²) >= 11 is 0. The Bertz CT molecular complexity index is 898. The summed E-state index contributed by atoms with van der Waals surface area (Å²) in [6, 6.07) is 2.68. The molecule has 1 saturated heterocycles. The maximum absolute atomic E-state index is 13.6. The molecule has 0 aliphatic carbocycles. The molecule has 1 aromatic heterocycles. The Balaban J connectivity index is 1.18. The van der Waals surface area contributed by atoms with Crippen LogP contribution >= 0.6 is 0 Å². The maximum Gasteiger partial charge on any atom is 0.341 e. The number of carbonyl (C=O) groups excluding carboxylic acids is 1. The molecule has 9 heteroatoms. The van der Waals surface area contributed by atoms with E-state index in [9.17, 15) is 13.6 Å². The Kier molecular flexibility index (Phi) is 4.12. The second kappa shape index (κ2) is 6.66. The van der Waals surface area contributed by atoms with Crippen molar-refractivity contribution in [2.24, 2.45) is 11.0 Å². The fraction of sp³-hybridized carbons (Fsp3) is 0.421. The van der Waals surface area contributed by atoms with Gasteiger partial charge in [0, 0.05) is 62.9 Å². The average Bonchev–Trinajstić information content (AvgIpc) is 3.31. The van der Waals surface area contributed by atoms with Gasteiger partial charge in [0.15, 0.2) is 0 Å². The maximum atomic E-state index is 13.6. The smallest absolute Gasteiger partial charge is 0.322 e. The molecule has 1 atom stereocenters. The molecular weight excluding hydrogens is 366 g/mol. The first kappa shape index (κ1) is 17.3. The molecule has 1 aromatic carbocycles. The van der Waals surface area contributed by atoms with E-state index in [2.05, 4.69) is 20.2 Å². The summed E-state index contributed by atoms with van der Waals surface area (Å²) in [4.78, 5) is 16.9. The molecule has 5 rings (SSSR count). The number of halogens is 2. The van der Waals surface area contributed by atoms with E-state index in [1.54, 1.807) is 11.1 Å². The largest absolute Gasteiger partial charge is 0.341 e. The zero-order valence-corrected chi connectivity index (χ0v) is 15.2. The summed E-state index contributed by atoms with van der Waals surface area (Å²) in [7, 11) is 0. The van der Waals surface area contributed by atoms with Crippen molar-refractivity contribution in [1.29, 1.82) is 0 Å². The third-order valence-electron chi connectivity index (χ3n) is 5.62. The van der Waals surface area contributed by atoms with Crippen LogP contribution in [-0.2, 0) is 13.1 Å². The van der Waals surface area contributed by atoms with Gasteiger partial charge in [0.25, 0.3) is 0 Å². The van der Waals surface area contributed by atoms with Crippen molar-refractivity contribution in [3.63, 3.8) is 0 Å². The predicted octanol–water partition coefficient (Wildman–Crippen LogP) is 2.49. The second-order valence-corrected chi connectivity index (χ2v) is 7.69. The number of hydrogen-bond acceptors (Lipinski definition) is 4. The molecule has 1 unspecified atom stereocenters. The van der Waals surface area contributed by atoms with E-state index >= 15 is 0 Å². The molecule has 28 heavy (non-hydrogen) atoms. The SMILES string of the molecule is O=C(N1CC(CN2Cc3cn[nH]c3C2)C1)N1N=CCC1c1cc(F)cc(F)c1. The highest BCUT2D eigenvalue weighted by Gasteiger charge is 2.39. The molecular formula is C19H20F2N6O. The fourth-order valence-electron chi connectivity index (χ4n) is 4.25. The van der Waals surface area contributed by atoms with Crippen molar-refractivity contribution < 1.29 is 13.6 Å². The van der Waals surface area contributed by atoms with Gasteiger partial charge in [0.1, 0.15) is 11.6 Å². The van der Waals surface area contributed by atoms with Crippen LogP contribution in [0.3, 0.4) is 0 Å². The highest BCUT2D eigenvalue weighted by Crippen LogP contribution is 2.32. The minimum Gasteiger partial charge on any atom is -0.322 e. The van der Waals surface area contributed by atoms with E-state index < -0.39 is 17.7 Å². The fourth-order valence-corrected chi connectivity index (χ4v) is 4.25. The number of carbonyl (C=O) groups is 1. The van der Waals surface area contributed by atoms with Crippen LogP contribution in [-0.4, -0.2) is 56.9 Å². The molecule has 0 saturated carbocycles. The molecule has 146 valence electrons. The van der Waals surface area contributed by atoms with E-state index in [4.69, 9.17) is 0 Å². The van der Waals surface area contributed by atoms with Crippen LogP contribution in [0.1, 0.15) is 29.3 Å². The number of amides is 2. The Morgan fingerprint density at radius 3 is 2.71 bits per heavy atom. The van der Waals surface area contributed by atoms with Gasteiger partial charge in [0.2, 0.25) is 0 Å². The molecule has 2 amide bonds. The topological polar surface area (TPSA) is 67.8 Å². The lowest BCUT2D eigenvalue weighted by atomic mass is 9.99. The van der Waals surface area contributed by atoms with Gasteiger partial charge >= 0.3 is 6.03 Å². The van der Waals surface area contributed by atoms with Gasteiger partial charge in [-0.1, -0.05) is 0 Å². The van der Waals surface area contributed by atoms with Crippen LogP contribution in [0.5, 0.6) is 0 Å². The van der Waals surface area contributed by atoms with Crippen molar-refractivity contribution >= 4 is 12.2 Å². The van der Waals surface area contributed by atoms with E-state index in [0.717, 1.165) is 25.7 Å². The zero-order valence-electron chi connectivity index (χ0n) is 15.2. The van der Waals surface area contributed by atoms with Gasteiger partial charge in [-0.25, -0.2) is 18.6 Å². The molecule has 0 spiro atoms. The second-order valence-electron chi connectivity index (χ2n) is 7.69. The molecule has 3 aliphatic rings. The first-order valence-corrected chi connectivity index (χ1v) is 9.37. The van der Waals surface area contributed by atoms with E-state index in [1.165, 1.54) is 28.4 Å². The highest BCUT2D eigenvalue weighted by molar-refractivity contribution is 5.79. The summed E-state index contributed by atoms with van der Waals surface area (Å²) in [6.45, 7) is 4.01. The molecule has 2 aromatic rings. The number of rotatable bonds is 3. The van der Waals surface area contributed by atoms with Crippen LogP contribution in [0.2, 0.25) is 0 Å². The number of fused-ring (bicyclic) bond motifs is 1. The Hall–Kier alpha value is -2.81. The number of hydrazone groups is 1. The first-order chi connectivity index (χ1) is 13.6. The van der Waals surface area contributed by atoms with Crippen molar-refractivity contribution in [2.75, 3.05) is 19.6 Å². The number of nitrogens with one attached hydrogen (secondary N) is 1. The molecule has 1 N–H and O–H groups in total. The van der Waals surface area contributed by atoms with Crippen molar-refractivity contribution in [3.05, 3.63) is 52.9 Å². The van der Waals surface area contributed by atoms with Crippen LogP contribution in [0.15, 0.2) is 29.5 Å². The van der Waals surface area contributed by atoms with E-state index in [1.807, 2.05) is 6.20 Å².